The van der Waals surface area contributed by atoms with E-state index >= 15 is 0 Å². The number of hydrogen-bond acceptors (Lipinski definition) is 3. The first-order chi connectivity index (χ1) is 13.3. The summed E-state index contributed by atoms with van der Waals surface area (Å²) < 4.78 is 41.6. The molecule has 0 spiro atoms. The number of amides is 1. The Hall–Kier alpha value is -2.42. The summed E-state index contributed by atoms with van der Waals surface area (Å²) in [6.45, 7) is 0. The lowest BCUT2D eigenvalue weighted by atomic mass is 10.2. The van der Waals surface area contributed by atoms with E-state index in [1.165, 1.54) is 42.5 Å². The molecule has 0 aliphatic carbocycles. The molecule has 5 nitrogen and oxygen atoms in total. The molecule has 3 rings (SSSR count). The van der Waals surface area contributed by atoms with Crippen LogP contribution in [0.1, 0.15) is 10.4 Å². The summed E-state index contributed by atoms with van der Waals surface area (Å²) in [6.07, 6.45) is 0. The van der Waals surface area contributed by atoms with E-state index in [9.17, 15) is 17.6 Å². The van der Waals surface area contributed by atoms with Gasteiger partial charge in [0.2, 0.25) is 0 Å². The zero-order valence-electron chi connectivity index (χ0n) is 14.1. The molecular weight excluding hydrogens is 471 g/mol. The first-order valence-corrected chi connectivity index (χ1v) is 10.6. The van der Waals surface area contributed by atoms with E-state index in [0.29, 0.717) is 4.47 Å². The van der Waals surface area contributed by atoms with E-state index in [4.69, 9.17) is 11.6 Å². The van der Waals surface area contributed by atoms with Crippen molar-refractivity contribution in [3.8, 4) is 0 Å². The van der Waals surface area contributed by atoms with Crippen molar-refractivity contribution in [2.45, 2.75) is 4.90 Å². The van der Waals surface area contributed by atoms with Gasteiger partial charge >= 0.3 is 0 Å². The molecule has 28 heavy (non-hydrogen) atoms. The molecule has 9 heteroatoms. The minimum absolute atomic E-state index is 0.0122. The fourth-order valence-electron chi connectivity index (χ4n) is 2.33. The highest BCUT2D eigenvalue weighted by molar-refractivity contribution is 9.10. The van der Waals surface area contributed by atoms with Crippen LogP contribution in [0.4, 0.5) is 15.8 Å². The van der Waals surface area contributed by atoms with Crippen LogP contribution in [0.5, 0.6) is 0 Å². The summed E-state index contributed by atoms with van der Waals surface area (Å²) in [6, 6.07) is 16.1. The third kappa shape index (κ3) is 4.70. The zero-order chi connectivity index (χ0) is 20.3. The van der Waals surface area contributed by atoms with Gasteiger partial charge in [0.05, 0.1) is 21.3 Å². The van der Waals surface area contributed by atoms with Gasteiger partial charge in [0.15, 0.2) is 0 Å². The van der Waals surface area contributed by atoms with Gasteiger partial charge in [-0.25, -0.2) is 12.8 Å². The maximum Gasteiger partial charge on any atom is 0.261 e. The highest BCUT2D eigenvalue weighted by atomic mass is 79.9. The van der Waals surface area contributed by atoms with Crippen LogP contribution in [0.2, 0.25) is 5.02 Å². The molecule has 0 bridgehead atoms. The fourth-order valence-corrected chi connectivity index (χ4v) is 4.05. The summed E-state index contributed by atoms with van der Waals surface area (Å²) in [5.74, 6) is -1.18. The molecule has 2 N–H and O–H groups in total. The number of nitrogens with one attached hydrogen (secondary N) is 2. The number of halogens is 3. The number of carbonyl (C=O) groups is 1. The second-order valence-electron chi connectivity index (χ2n) is 5.69. The van der Waals surface area contributed by atoms with Crippen molar-refractivity contribution in [3.63, 3.8) is 0 Å². The second kappa shape index (κ2) is 8.30. The molecular formula is C19H13BrClFN2O3S. The predicted molar refractivity (Wildman–Crippen MR) is 111 cm³/mol. The molecule has 3 aromatic rings. The summed E-state index contributed by atoms with van der Waals surface area (Å²) >= 11 is 9.27. The Morgan fingerprint density at radius 3 is 2.29 bits per heavy atom. The summed E-state index contributed by atoms with van der Waals surface area (Å²) in [4.78, 5) is 12.4. The Labute approximate surface area is 174 Å². The molecule has 0 radical (unpaired) electrons. The first kappa shape index (κ1) is 20.3. The van der Waals surface area contributed by atoms with Gasteiger partial charge in [-0.2, -0.15) is 0 Å². The highest BCUT2D eigenvalue weighted by Gasteiger charge is 2.17. The normalized spacial score (nSPS) is 11.1. The topological polar surface area (TPSA) is 75.3 Å². The summed E-state index contributed by atoms with van der Waals surface area (Å²) in [5.41, 5.74) is 0.282. The lowest BCUT2D eigenvalue weighted by molar-refractivity contribution is 0.102. The third-order valence-corrected chi connectivity index (χ3v) is 5.90. The number of anilines is 2. The van der Waals surface area contributed by atoms with Crippen LogP contribution < -0.4 is 10.0 Å². The number of hydrogen-bond donors (Lipinski definition) is 2. The monoisotopic (exact) mass is 482 g/mol. The van der Waals surface area contributed by atoms with Crippen LogP contribution >= 0.6 is 27.5 Å². The molecule has 144 valence electrons. The molecule has 3 aromatic carbocycles. The van der Waals surface area contributed by atoms with Gasteiger partial charge < -0.3 is 5.32 Å². The molecule has 0 fully saturated rings. The van der Waals surface area contributed by atoms with Crippen LogP contribution in [0, 0.1) is 5.82 Å². The van der Waals surface area contributed by atoms with Crippen molar-refractivity contribution in [3.05, 3.63) is 87.6 Å². The van der Waals surface area contributed by atoms with E-state index in [1.807, 2.05) is 0 Å². The molecule has 0 saturated heterocycles. The number of rotatable bonds is 5. The van der Waals surface area contributed by atoms with Crippen molar-refractivity contribution in [1.82, 2.24) is 0 Å². The summed E-state index contributed by atoms with van der Waals surface area (Å²) in [7, 11) is -3.82. The van der Waals surface area contributed by atoms with E-state index in [-0.39, 0.29) is 26.9 Å². The molecule has 0 saturated carbocycles. The largest absolute Gasteiger partial charge is 0.319 e. The van der Waals surface area contributed by atoms with Crippen LogP contribution in [0.25, 0.3) is 0 Å². The maximum absolute atomic E-state index is 13.9. The minimum atomic E-state index is -3.82. The van der Waals surface area contributed by atoms with Crippen molar-refractivity contribution in [1.29, 1.82) is 0 Å². The average Bonchev–Trinajstić information content (AvgIpc) is 2.66. The standard InChI is InChI=1S/C19H13BrClFN2O3S/c20-13-7-9-18(16(22)11-13)23-19(25)12-6-8-17(15(21)10-12)24-28(26,27)14-4-2-1-3-5-14/h1-11,24H,(H,23,25). The smallest absolute Gasteiger partial charge is 0.261 e. The van der Waals surface area contributed by atoms with Gasteiger partial charge in [-0.15, -0.1) is 0 Å². The Morgan fingerprint density at radius 1 is 0.964 bits per heavy atom. The molecule has 0 aliphatic rings. The SMILES string of the molecule is O=C(Nc1ccc(Br)cc1F)c1ccc(NS(=O)(=O)c2ccccc2)c(Cl)c1. The Balaban J connectivity index is 1.79. The minimum Gasteiger partial charge on any atom is -0.319 e. The van der Waals surface area contributed by atoms with Crippen molar-refractivity contribution in [2.24, 2.45) is 0 Å². The second-order valence-corrected chi connectivity index (χ2v) is 8.70. The van der Waals surface area contributed by atoms with Gasteiger partial charge in [0, 0.05) is 10.0 Å². The van der Waals surface area contributed by atoms with Crippen molar-refractivity contribution < 1.29 is 17.6 Å². The van der Waals surface area contributed by atoms with Crippen molar-refractivity contribution in [2.75, 3.05) is 10.0 Å². The van der Waals surface area contributed by atoms with Crippen LogP contribution in [-0.4, -0.2) is 14.3 Å². The first-order valence-electron chi connectivity index (χ1n) is 7.90. The van der Waals surface area contributed by atoms with E-state index in [1.54, 1.807) is 24.3 Å². The molecule has 0 aromatic heterocycles. The quantitative estimate of drug-likeness (QED) is 0.517. The highest BCUT2D eigenvalue weighted by Crippen LogP contribution is 2.27. The average molecular weight is 484 g/mol. The fraction of sp³-hybridized carbons (Fsp3) is 0. The van der Waals surface area contributed by atoms with Crippen LogP contribution in [0.15, 0.2) is 76.1 Å². The molecule has 0 unspecified atom stereocenters. The molecule has 0 atom stereocenters. The van der Waals surface area contributed by atoms with E-state index < -0.39 is 21.7 Å². The van der Waals surface area contributed by atoms with Gasteiger partial charge in [-0.3, -0.25) is 9.52 Å². The molecule has 0 heterocycles. The predicted octanol–water partition coefficient (Wildman–Crippen LogP) is 5.29. The van der Waals surface area contributed by atoms with Crippen LogP contribution in [0.3, 0.4) is 0 Å². The van der Waals surface area contributed by atoms with Gasteiger partial charge in [0.25, 0.3) is 15.9 Å². The van der Waals surface area contributed by atoms with Gasteiger partial charge in [0.1, 0.15) is 5.82 Å². The van der Waals surface area contributed by atoms with E-state index in [2.05, 4.69) is 26.0 Å². The molecule has 0 aliphatic heterocycles. The van der Waals surface area contributed by atoms with Gasteiger partial charge in [-0.05, 0) is 48.5 Å². The lowest BCUT2D eigenvalue weighted by Gasteiger charge is -2.11. The summed E-state index contributed by atoms with van der Waals surface area (Å²) in [5, 5.41) is 2.47. The van der Waals surface area contributed by atoms with Crippen LogP contribution in [-0.2, 0) is 10.0 Å². The van der Waals surface area contributed by atoms with E-state index in [0.717, 1.165) is 0 Å². The Morgan fingerprint density at radius 2 is 1.64 bits per heavy atom. The Bertz CT molecular complexity index is 1140. The zero-order valence-corrected chi connectivity index (χ0v) is 17.3. The number of sulfonamides is 1. The third-order valence-electron chi connectivity index (χ3n) is 3.71. The number of benzene rings is 3. The van der Waals surface area contributed by atoms with Crippen molar-refractivity contribution >= 4 is 54.8 Å². The molecule has 1 amide bonds. The maximum atomic E-state index is 13.9. The lowest BCUT2D eigenvalue weighted by Crippen LogP contribution is -2.15. The van der Waals surface area contributed by atoms with Gasteiger partial charge in [-0.1, -0.05) is 45.7 Å². The number of carbonyl (C=O) groups excluding carboxylic acids is 1. The Kier molecular flexibility index (Phi) is 6.02.